The van der Waals surface area contributed by atoms with Crippen LogP contribution < -0.4 is 0 Å². The molecule has 0 aliphatic heterocycles. The monoisotopic (exact) mass is 955 g/mol. The molecule has 1 atom stereocenters. The second-order valence-corrected chi connectivity index (χ2v) is 20.3. The maximum absolute atomic E-state index is 12.9. The summed E-state index contributed by atoms with van der Waals surface area (Å²) in [5.41, 5.74) is 0. The SMILES string of the molecule is CCCCC/C=C\C=C/CCCCCCCCCCCCC(=O)OCC(COC(=O)CCCCCCCCCCCCCC)OC(=O)CCCCCCCCC/C=C\CCCCCCCCCC. The summed E-state index contributed by atoms with van der Waals surface area (Å²) in [6.45, 7) is 6.65. The van der Waals surface area contributed by atoms with E-state index in [1.54, 1.807) is 0 Å². The molecule has 6 nitrogen and oxygen atoms in total. The molecule has 0 aromatic heterocycles. The minimum absolute atomic E-state index is 0.0710. The summed E-state index contributed by atoms with van der Waals surface area (Å²) in [5.74, 6) is -0.861. The van der Waals surface area contributed by atoms with Crippen molar-refractivity contribution >= 4 is 17.9 Å². The van der Waals surface area contributed by atoms with Crippen LogP contribution in [0, 0.1) is 0 Å². The van der Waals surface area contributed by atoms with Crippen LogP contribution in [0.5, 0.6) is 0 Å². The van der Waals surface area contributed by atoms with Gasteiger partial charge in [0.25, 0.3) is 0 Å². The van der Waals surface area contributed by atoms with Gasteiger partial charge in [0.2, 0.25) is 0 Å². The van der Waals surface area contributed by atoms with Gasteiger partial charge in [-0.3, -0.25) is 14.4 Å². The number of esters is 3. The fraction of sp³-hybridized carbons (Fsp3) is 0.855. The van der Waals surface area contributed by atoms with Gasteiger partial charge in [-0.2, -0.15) is 0 Å². The zero-order chi connectivity index (χ0) is 49.3. The maximum atomic E-state index is 12.9. The van der Waals surface area contributed by atoms with E-state index in [0.717, 1.165) is 57.8 Å². The van der Waals surface area contributed by atoms with Gasteiger partial charge in [0.1, 0.15) is 13.2 Å². The summed E-state index contributed by atoms with van der Waals surface area (Å²) in [5, 5.41) is 0. The van der Waals surface area contributed by atoms with Crippen molar-refractivity contribution < 1.29 is 28.6 Å². The minimum Gasteiger partial charge on any atom is -0.462 e. The molecule has 0 rings (SSSR count). The van der Waals surface area contributed by atoms with E-state index in [0.29, 0.717) is 19.3 Å². The summed E-state index contributed by atoms with van der Waals surface area (Å²) < 4.78 is 16.9. The molecule has 0 fully saturated rings. The normalized spacial score (nSPS) is 12.2. The highest BCUT2D eigenvalue weighted by Gasteiger charge is 2.19. The lowest BCUT2D eigenvalue weighted by atomic mass is 10.0. The van der Waals surface area contributed by atoms with Gasteiger partial charge >= 0.3 is 17.9 Å². The van der Waals surface area contributed by atoms with E-state index in [2.05, 4.69) is 57.2 Å². The molecule has 0 amide bonds. The molecule has 6 heteroatoms. The van der Waals surface area contributed by atoms with Crippen molar-refractivity contribution in [2.75, 3.05) is 13.2 Å². The first-order chi connectivity index (χ1) is 33.5. The Morgan fingerprint density at radius 2 is 0.529 bits per heavy atom. The third kappa shape index (κ3) is 54.6. The van der Waals surface area contributed by atoms with Crippen LogP contribution in [0.3, 0.4) is 0 Å². The van der Waals surface area contributed by atoms with Gasteiger partial charge in [-0.05, 0) is 70.6 Å². The highest BCUT2D eigenvalue weighted by atomic mass is 16.6. The molecule has 0 bridgehead atoms. The van der Waals surface area contributed by atoms with Crippen molar-refractivity contribution in [3.05, 3.63) is 36.5 Å². The minimum atomic E-state index is -0.773. The largest absolute Gasteiger partial charge is 0.462 e. The fourth-order valence-corrected chi connectivity index (χ4v) is 8.84. The number of rotatable bonds is 55. The Morgan fingerprint density at radius 1 is 0.294 bits per heavy atom. The van der Waals surface area contributed by atoms with Gasteiger partial charge in [-0.15, -0.1) is 0 Å². The van der Waals surface area contributed by atoms with Crippen LogP contribution in [0.2, 0.25) is 0 Å². The van der Waals surface area contributed by atoms with Crippen LogP contribution in [0.15, 0.2) is 36.5 Å². The Bertz CT molecular complexity index is 1140. The highest BCUT2D eigenvalue weighted by molar-refractivity contribution is 5.71. The number of hydrogen-bond acceptors (Lipinski definition) is 6. The molecule has 0 saturated heterocycles. The van der Waals surface area contributed by atoms with E-state index in [1.165, 1.54) is 225 Å². The topological polar surface area (TPSA) is 78.9 Å². The zero-order valence-corrected chi connectivity index (χ0v) is 45.6. The van der Waals surface area contributed by atoms with E-state index >= 15 is 0 Å². The van der Waals surface area contributed by atoms with Crippen LogP contribution in [0.4, 0.5) is 0 Å². The first-order valence-electron chi connectivity index (χ1n) is 30.0. The quantitative estimate of drug-likeness (QED) is 0.0199. The summed E-state index contributed by atoms with van der Waals surface area (Å²) in [4.78, 5) is 38.2. The molecule has 1 unspecified atom stereocenters. The number of carbonyl (C=O) groups is 3. The van der Waals surface area contributed by atoms with Crippen LogP contribution in [0.25, 0.3) is 0 Å². The smallest absolute Gasteiger partial charge is 0.306 e. The standard InChI is InChI=1S/C62H114O6/c1-4-7-10-13-16-19-22-25-27-29-31-33-35-37-40-43-46-49-52-55-61(64)67-58-59(57-66-60(63)54-51-48-45-42-39-24-21-18-15-12-9-6-3)68-62(65)56-53-50-47-44-41-38-36-34-32-30-28-26-23-20-17-14-11-8-5-2/h16,19,22,25,30,32,59H,4-15,17-18,20-21,23-24,26-29,31,33-58H2,1-3H3/b19-16-,25-22-,32-30-. The van der Waals surface area contributed by atoms with Gasteiger partial charge in [0, 0.05) is 19.3 Å². The van der Waals surface area contributed by atoms with Crippen LogP contribution in [0.1, 0.15) is 323 Å². The molecule has 68 heavy (non-hydrogen) atoms. The third-order valence-electron chi connectivity index (χ3n) is 13.4. The van der Waals surface area contributed by atoms with E-state index in [1.807, 2.05) is 0 Å². The molecule has 0 radical (unpaired) electrons. The predicted molar refractivity (Wildman–Crippen MR) is 293 cm³/mol. The molecule has 0 N–H and O–H groups in total. The van der Waals surface area contributed by atoms with Crippen molar-refractivity contribution in [1.29, 1.82) is 0 Å². The van der Waals surface area contributed by atoms with E-state index in [4.69, 9.17) is 14.2 Å². The Hall–Kier alpha value is -2.37. The summed E-state index contributed by atoms with van der Waals surface area (Å²) in [6.07, 6.45) is 68.5. The molecule has 398 valence electrons. The predicted octanol–water partition coefficient (Wildman–Crippen LogP) is 20.0. The van der Waals surface area contributed by atoms with Gasteiger partial charge in [-0.1, -0.05) is 269 Å². The van der Waals surface area contributed by atoms with E-state index in [9.17, 15) is 14.4 Å². The number of allylic oxidation sites excluding steroid dienone is 6. The van der Waals surface area contributed by atoms with Crippen molar-refractivity contribution in [2.24, 2.45) is 0 Å². The first kappa shape index (κ1) is 65.6. The van der Waals surface area contributed by atoms with E-state index in [-0.39, 0.29) is 31.1 Å². The average Bonchev–Trinajstić information content (AvgIpc) is 3.34. The highest BCUT2D eigenvalue weighted by Crippen LogP contribution is 2.16. The van der Waals surface area contributed by atoms with Gasteiger partial charge in [-0.25, -0.2) is 0 Å². The van der Waals surface area contributed by atoms with Gasteiger partial charge in [0.15, 0.2) is 6.10 Å². The average molecular weight is 956 g/mol. The molecule has 0 aromatic carbocycles. The van der Waals surface area contributed by atoms with Crippen molar-refractivity contribution in [3.63, 3.8) is 0 Å². The molecule has 0 saturated carbocycles. The molecule has 0 spiro atoms. The number of hydrogen-bond donors (Lipinski definition) is 0. The lowest BCUT2D eigenvalue weighted by Gasteiger charge is -2.18. The van der Waals surface area contributed by atoms with Crippen molar-refractivity contribution in [3.8, 4) is 0 Å². The fourth-order valence-electron chi connectivity index (χ4n) is 8.84. The Balaban J connectivity index is 4.31. The Morgan fingerprint density at radius 3 is 0.853 bits per heavy atom. The molecule has 0 aliphatic carbocycles. The van der Waals surface area contributed by atoms with Crippen molar-refractivity contribution in [1.82, 2.24) is 0 Å². The van der Waals surface area contributed by atoms with Crippen molar-refractivity contribution in [2.45, 2.75) is 329 Å². The van der Waals surface area contributed by atoms with E-state index < -0.39 is 6.10 Å². The first-order valence-corrected chi connectivity index (χ1v) is 30.0. The zero-order valence-electron chi connectivity index (χ0n) is 45.6. The number of ether oxygens (including phenoxy) is 3. The molecular formula is C62H114O6. The van der Waals surface area contributed by atoms with Crippen LogP contribution in [-0.2, 0) is 28.6 Å². The van der Waals surface area contributed by atoms with Gasteiger partial charge in [0.05, 0.1) is 0 Å². The van der Waals surface area contributed by atoms with Crippen LogP contribution in [-0.4, -0.2) is 37.2 Å². The maximum Gasteiger partial charge on any atom is 0.306 e. The summed E-state index contributed by atoms with van der Waals surface area (Å²) in [6, 6.07) is 0. The Labute approximate surface area is 423 Å². The summed E-state index contributed by atoms with van der Waals surface area (Å²) >= 11 is 0. The number of carbonyl (C=O) groups excluding carboxylic acids is 3. The van der Waals surface area contributed by atoms with Crippen LogP contribution >= 0.6 is 0 Å². The number of unbranched alkanes of at least 4 members (excludes halogenated alkanes) is 39. The second-order valence-electron chi connectivity index (χ2n) is 20.3. The summed E-state index contributed by atoms with van der Waals surface area (Å²) in [7, 11) is 0. The molecule has 0 aliphatic rings. The third-order valence-corrected chi connectivity index (χ3v) is 13.4. The lowest BCUT2D eigenvalue weighted by molar-refractivity contribution is -0.167. The Kier molecular flexibility index (Phi) is 55.2. The second kappa shape index (κ2) is 57.2. The van der Waals surface area contributed by atoms with Gasteiger partial charge < -0.3 is 14.2 Å². The molecular weight excluding hydrogens is 841 g/mol. The molecule has 0 heterocycles. The lowest BCUT2D eigenvalue weighted by Crippen LogP contribution is -2.30. The molecule has 0 aromatic rings.